The van der Waals surface area contributed by atoms with Gasteiger partial charge in [0.1, 0.15) is 4.75 Å². The van der Waals surface area contributed by atoms with Crippen molar-refractivity contribution in [1.82, 2.24) is 4.31 Å². The van der Waals surface area contributed by atoms with Gasteiger partial charge in [0, 0.05) is 11.4 Å². The molecule has 2 rings (SSSR count). The summed E-state index contributed by atoms with van der Waals surface area (Å²) in [5.74, 6) is -0.373. The Labute approximate surface area is 99.3 Å². The lowest BCUT2D eigenvalue weighted by molar-refractivity contribution is -0.137. The number of hydrogen-bond donors (Lipinski definition) is 1. The molecule has 1 saturated carbocycles. The van der Waals surface area contributed by atoms with E-state index in [9.17, 15) is 9.35 Å². The second-order valence-corrected chi connectivity index (χ2v) is 7.83. The quantitative estimate of drug-likeness (QED) is 0.603. The summed E-state index contributed by atoms with van der Waals surface area (Å²) in [6.07, 6.45) is 3.36. The SMILES string of the molecule is CC(C)(C)[S@+]([O-])[N@]1[C@H](C(=O)O)[C@@H]1C1CCC1. The molecule has 4 nitrogen and oxygen atoms in total. The van der Waals surface area contributed by atoms with Crippen LogP contribution in [0.5, 0.6) is 0 Å². The Bertz CT molecular complexity index is 298. The molecule has 5 heteroatoms. The van der Waals surface area contributed by atoms with E-state index in [0.29, 0.717) is 5.92 Å². The van der Waals surface area contributed by atoms with Crippen molar-refractivity contribution in [2.24, 2.45) is 5.92 Å². The van der Waals surface area contributed by atoms with Gasteiger partial charge in [-0.2, -0.15) is 0 Å². The van der Waals surface area contributed by atoms with Gasteiger partial charge >= 0.3 is 5.97 Å². The van der Waals surface area contributed by atoms with Gasteiger partial charge in [0.05, 0.1) is 6.04 Å². The van der Waals surface area contributed by atoms with E-state index < -0.39 is 23.4 Å². The minimum absolute atomic E-state index is 0.0197. The summed E-state index contributed by atoms with van der Waals surface area (Å²) >= 11 is -1.19. The monoisotopic (exact) mass is 245 g/mol. The van der Waals surface area contributed by atoms with Crippen molar-refractivity contribution in [3.8, 4) is 0 Å². The second kappa shape index (κ2) is 3.89. The van der Waals surface area contributed by atoms with Crippen molar-refractivity contribution < 1.29 is 14.5 Å². The summed E-state index contributed by atoms with van der Waals surface area (Å²) in [4.78, 5) is 11.1. The van der Waals surface area contributed by atoms with Crippen molar-refractivity contribution in [2.45, 2.75) is 56.9 Å². The van der Waals surface area contributed by atoms with E-state index in [-0.39, 0.29) is 10.8 Å². The van der Waals surface area contributed by atoms with Crippen molar-refractivity contribution in [2.75, 3.05) is 0 Å². The van der Waals surface area contributed by atoms with Crippen LogP contribution in [0.1, 0.15) is 40.0 Å². The molecule has 0 bridgehead atoms. The van der Waals surface area contributed by atoms with Crippen LogP contribution in [-0.2, 0) is 16.2 Å². The number of nitrogens with zero attached hydrogens (tertiary/aromatic N) is 1. The molecule has 0 aromatic rings. The number of carbonyl (C=O) groups is 1. The minimum atomic E-state index is -1.19. The first-order valence-corrected chi connectivity index (χ1v) is 6.88. The van der Waals surface area contributed by atoms with E-state index in [0.717, 1.165) is 12.8 Å². The van der Waals surface area contributed by atoms with Gasteiger partial charge < -0.3 is 9.66 Å². The molecule has 1 saturated heterocycles. The Morgan fingerprint density at radius 1 is 1.44 bits per heavy atom. The van der Waals surface area contributed by atoms with Crippen LogP contribution in [-0.4, -0.2) is 36.8 Å². The summed E-state index contributed by atoms with van der Waals surface area (Å²) in [7, 11) is 0. The standard InChI is InChI=1S/C11H19NO3S/c1-11(2,3)16(15)12-8(7-5-4-6-7)9(12)10(13)14/h7-9H,4-6H2,1-3H3,(H,13,14)/t8-,9-,12-,16-/m0/s1. The number of hydrogen-bond acceptors (Lipinski definition) is 3. The van der Waals surface area contributed by atoms with Gasteiger partial charge in [-0.25, -0.2) is 0 Å². The molecule has 0 aromatic heterocycles. The van der Waals surface area contributed by atoms with Crippen LogP contribution in [0.2, 0.25) is 0 Å². The third-order valence-electron chi connectivity index (χ3n) is 3.40. The topological polar surface area (TPSA) is 63.4 Å². The molecule has 2 fully saturated rings. The van der Waals surface area contributed by atoms with Crippen LogP contribution in [0.4, 0.5) is 0 Å². The van der Waals surface area contributed by atoms with Gasteiger partial charge in [-0.05, 0) is 39.5 Å². The Kier molecular flexibility index (Phi) is 2.97. The maximum atomic E-state index is 12.2. The van der Waals surface area contributed by atoms with Gasteiger partial charge in [0.15, 0.2) is 6.04 Å². The number of rotatable bonds is 3. The molecule has 1 aliphatic carbocycles. The largest absolute Gasteiger partial charge is 0.597 e. The highest BCUT2D eigenvalue weighted by molar-refractivity contribution is 7.90. The molecule has 0 unspecified atom stereocenters. The third kappa shape index (κ3) is 1.96. The van der Waals surface area contributed by atoms with E-state index in [1.165, 1.54) is 6.42 Å². The van der Waals surface area contributed by atoms with Crippen LogP contribution in [0.25, 0.3) is 0 Å². The van der Waals surface area contributed by atoms with E-state index in [4.69, 9.17) is 5.11 Å². The zero-order valence-electron chi connectivity index (χ0n) is 9.97. The van der Waals surface area contributed by atoms with Gasteiger partial charge in [0.25, 0.3) is 0 Å². The summed E-state index contributed by atoms with van der Waals surface area (Å²) < 4.78 is 13.5. The van der Waals surface area contributed by atoms with Crippen molar-refractivity contribution >= 4 is 17.3 Å². The van der Waals surface area contributed by atoms with Crippen LogP contribution in [0.15, 0.2) is 0 Å². The molecule has 1 N–H and O–H groups in total. The van der Waals surface area contributed by atoms with E-state index in [1.807, 2.05) is 20.8 Å². The van der Waals surface area contributed by atoms with Crippen molar-refractivity contribution in [3.63, 3.8) is 0 Å². The minimum Gasteiger partial charge on any atom is -0.597 e. The molecule has 2 aliphatic rings. The second-order valence-electron chi connectivity index (χ2n) is 5.69. The van der Waals surface area contributed by atoms with E-state index >= 15 is 0 Å². The summed E-state index contributed by atoms with van der Waals surface area (Å²) in [6, 6.07) is -0.489. The van der Waals surface area contributed by atoms with Gasteiger partial charge in [0.2, 0.25) is 0 Å². The third-order valence-corrected chi connectivity index (χ3v) is 5.30. The van der Waals surface area contributed by atoms with Crippen molar-refractivity contribution in [1.29, 1.82) is 0 Å². The Hall–Kier alpha value is -0.260. The maximum absolute atomic E-state index is 12.2. The first-order chi connectivity index (χ1) is 7.34. The fourth-order valence-corrected chi connectivity index (χ4v) is 3.77. The lowest BCUT2D eigenvalue weighted by Crippen LogP contribution is -2.36. The van der Waals surface area contributed by atoms with E-state index in [1.54, 1.807) is 4.31 Å². The highest BCUT2D eigenvalue weighted by atomic mass is 32.2. The number of carboxylic acids is 1. The zero-order valence-corrected chi connectivity index (χ0v) is 10.8. The molecule has 0 spiro atoms. The fraction of sp³-hybridized carbons (Fsp3) is 0.909. The normalized spacial score (nSPS) is 36.6. The lowest BCUT2D eigenvalue weighted by Gasteiger charge is -2.28. The summed E-state index contributed by atoms with van der Waals surface area (Å²) in [6.45, 7) is 5.66. The maximum Gasteiger partial charge on any atom is 0.327 e. The molecule has 16 heavy (non-hydrogen) atoms. The smallest absolute Gasteiger partial charge is 0.327 e. The molecule has 4 atom stereocenters. The van der Waals surface area contributed by atoms with Crippen LogP contribution >= 0.6 is 0 Å². The van der Waals surface area contributed by atoms with E-state index in [2.05, 4.69) is 0 Å². The van der Waals surface area contributed by atoms with Gasteiger partial charge in [-0.15, -0.1) is 4.31 Å². The zero-order chi connectivity index (χ0) is 12.1. The Morgan fingerprint density at radius 2 is 2.00 bits per heavy atom. The summed E-state index contributed by atoms with van der Waals surface area (Å²) in [5.41, 5.74) is 0. The molecule has 0 amide bonds. The van der Waals surface area contributed by atoms with Gasteiger partial charge in [-0.1, -0.05) is 6.42 Å². The van der Waals surface area contributed by atoms with Crippen LogP contribution in [0.3, 0.4) is 0 Å². The first kappa shape index (κ1) is 12.2. The average Bonchev–Trinajstić information content (AvgIpc) is 2.73. The first-order valence-electron chi connectivity index (χ1n) is 5.77. The number of carboxylic acid groups (broad SMARTS) is 1. The predicted octanol–water partition coefficient (Wildman–Crippen LogP) is 1.39. The molecular weight excluding hydrogens is 226 g/mol. The van der Waals surface area contributed by atoms with Crippen LogP contribution in [0, 0.1) is 5.92 Å². The average molecular weight is 245 g/mol. The fourth-order valence-electron chi connectivity index (χ4n) is 2.26. The molecular formula is C11H19NO3S. The predicted molar refractivity (Wildman–Crippen MR) is 62.3 cm³/mol. The van der Waals surface area contributed by atoms with Gasteiger partial charge in [-0.3, -0.25) is 4.79 Å². The molecule has 0 radical (unpaired) electrons. The Balaban J connectivity index is 2.06. The van der Waals surface area contributed by atoms with Crippen LogP contribution < -0.4 is 0 Å². The summed E-state index contributed by atoms with van der Waals surface area (Å²) in [5, 5.41) is 9.10. The number of aliphatic carboxylic acids is 1. The molecule has 1 heterocycles. The lowest BCUT2D eigenvalue weighted by atomic mass is 9.82. The highest BCUT2D eigenvalue weighted by Gasteiger charge is 2.66. The Morgan fingerprint density at radius 3 is 2.31 bits per heavy atom. The molecule has 1 aliphatic heterocycles. The molecule has 92 valence electrons. The highest BCUT2D eigenvalue weighted by Crippen LogP contribution is 2.47. The molecule has 0 aromatic carbocycles. The van der Waals surface area contributed by atoms with Crippen molar-refractivity contribution in [3.05, 3.63) is 0 Å².